The van der Waals surface area contributed by atoms with Gasteiger partial charge in [0.25, 0.3) is 0 Å². The molecule has 1 aliphatic heterocycles. The van der Waals surface area contributed by atoms with Gasteiger partial charge in [0, 0.05) is 6.42 Å². The predicted octanol–water partition coefficient (Wildman–Crippen LogP) is -1.65. The van der Waals surface area contributed by atoms with Crippen LogP contribution in [0.15, 0.2) is 0 Å². The summed E-state index contributed by atoms with van der Waals surface area (Å²) in [7, 11) is 0. The number of hydrogen-bond donors (Lipinski definition) is 4. The van der Waals surface area contributed by atoms with Crippen LogP contribution in [-0.4, -0.2) is 45.3 Å². The number of rotatable bonds is 1. The Morgan fingerprint density at radius 3 is 2.64 bits per heavy atom. The highest BCUT2D eigenvalue weighted by Crippen LogP contribution is 2.22. The molecule has 0 saturated carbocycles. The van der Waals surface area contributed by atoms with E-state index < -0.39 is 24.9 Å². The van der Waals surface area contributed by atoms with Gasteiger partial charge >= 0.3 is 0 Å². The molecule has 0 unspecified atom stereocenters. The molecule has 0 spiro atoms. The van der Waals surface area contributed by atoms with Crippen LogP contribution >= 0.6 is 0 Å². The second-order valence-corrected chi connectivity index (χ2v) is 2.49. The number of hydrogen-bond acceptors (Lipinski definition) is 5. The minimum absolute atomic E-state index is 0.0995. The van der Waals surface area contributed by atoms with Crippen molar-refractivity contribution >= 4 is 0 Å². The topological polar surface area (TPSA) is 90.2 Å². The molecule has 3 atom stereocenters. The first-order valence-electron chi connectivity index (χ1n) is 3.33. The molecule has 5 heteroatoms. The first kappa shape index (κ1) is 8.89. The lowest BCUT2D eigenvalue weighted by Crippen LogP contribution is -2.47. The lowest BCUT2D eigenvalue weighted by atomic mass is 10.1. The molecule has 1 aliphatic rings. The highest BCUT2D eigenvalue weighted by atomic mass is 16.7. The van der Waals surface area contributed by atoms with Crippen LogP contribution in [0.3, 0.4) is 0 Å². The highest BCUT2D eigenvalue weighted by Gasteiger charge is 2.36. The van der Waals surface area contributed by atoms with E-state index in [1.165, 1.54) is 0 Å². The summed E-state index contributed by atoms with van der Waals surface area (Å²) in [5.74, 6) is 0. The van der Waals surface area contributed by atoms with Gasteiger partial charge in [-0.25, -0.2) is 0 Å². The van der Waals surface area contributed by atoms with Gasteiger partial charge in [0.1, 0.15) is 12.2 Å². The molecule has 0 aromatic heterocycles. The third kappa shape index (κ3) is 1.88. The van der Waals surface area contributed by atoms with Gasteiger partial charge in [0.15, 0.2) is 0 Å². The van der Waals surface area contributed by atoms with Crippen LogP contribution in [0, 0.1) is 6.29 Å². The summed E-state index contributed by atoms with van der Waals surface area (Å²) in [5, 5.41) is 35.5. The average Bonchev–Trinajstić information content (AvgIpc) is 1.96. The third-order valence-corrected chi connectivity index (χ3v) is 1.63. The van der Waals surface area contributed by atoms with Crippen molar-refractivity contribution < 1.29 is 25.2 Å². The van der Waals surface area contributed by atoms with Crippen molar-refractivity contribution in [3.63, 3.8) is 0 Å². The molecule has 1 fully saturated rings. The Kier molecular flexibility index (Phi) is 2.80. The monoisotopic (exact) mass is 164 g/mol. The lowest BCUT2D eigenvalue weighted by Gasteiger charge is -2.32. The molecule has 5 nitrogen and oxygen atoms in total. The van der Waals surface area contributed by atoms with E-state index in [-0.39, 0.29) is 12.7 Å². The van der Waals surface area contributed by atoms with E-state index in [0.29, 0.717) is 0 Å². The lowest BCUT2D eigenvalue weighted by molar-refractivity contribution is -0.183. The zero-order valence-corrected chi connectivity index (χ0v) is 5.84. The van der Waals surface area contributed by atoms with Crippen molar-refractivity contribution in [2.24, 2.45) is 0 Å². The predicted molar refractivity (Wildman–Crippen MR) is 33.8 cm³/mol. The molecule has 0 aromatic rings. The Morgan fingerprint density at radius 1 is 1.45 bits per heavy atom. The van der Waals surface area contributed by atoms with Crippen LogP contribution in [0.5, 0.6) is 0 Å². The zero-order valence-electron chi connectivity index (χ0n) is 5.84. The maximum atomic E-state index is 9.10. The van der Waals surface area contributed by atoms with Gasteiger partial charge in [-0.1, -0.05) is 0 Å². The van der Waals surface area contributed by atoms with Crippen molar-refractivity contribution in [3.8, 4) is 0 Å². The largest absolute Gasteiger partial charge is 0.394 e. The first-order chi connectivity index (χ1) is 5.15. The van der Waals surface area contributed by atoms with Crippen LogP contribution in [0.25, 0.3) is 0 Å². The van der Waals surface area contributed by atoms with E-state index in [1.54, 1.807) is 0 Å². The maximum Gasteiger partial charge on any atom is 0.224 e. The van der Waals surface area contributed by atoms with Crippen molar-refractivity contribution in [1.82, 2.24) is 0 Å². The molecular formula is C6H11O5. The second kappa shape index (κ2) is 3.46. The molecular weight excluding hydrogens is 153 g/mol. The Bertz CT molecular complexity index is 128. The van der Waals surface area contributed by atoms with Crippen molar-refractivity contribution in [3.05, 3.63) is 6.29 Å². The molecule has 1 saturated heterocycles. The average molecular weight is 164 g/mol. The maximum absolute atomic E-state index is 9.10. The summed E-state index contributed by atoms with van der Waals surface area (Å²) < 4.78 is 4.63. The standard InChI is InChI=1S/C6H11O5/c7-2-4-6(10)3(8)1-5(9)11-4/h3-4,6-10H,1-2H2/t3-,4-,6+/m1/s1/i5+1. The summed E-state index contributed by atoms with van der Waals surface area (Å²) in [4.78, 5) is 0. The Labute approximate surface area is 63.8 Å². The van der Waals surface area contributed by atoms with Gasteiger partial charge in [0.05, 0.1) is 12.7 Å². The number of aliphatic hydroxyl groups excluding tert-OH is 4. The molecule has 4 N–H and O–H groups in total. The smallest absolute Gasteiger partial charge is 0.224 e. The molecule has 0 bridgehead atoms. The Morgan fingerprint density at radius 2 is 2.09 bits per heavy atom. The van der Waals surface area contributed by atoms with Gasteiger partial charge in [-0.15, -0.1) is 0 Å². The minimum Gasteiger partial charge on any atom is -0.394 e. The molecule has 1 heterocycles. The van der Waals surface area contributed by atoms with E-state index in [1.807, 2.05) is 0 Å². The van der Waals surface area contributed by atoms with E-state index in [9.17, 15) is 0 Å². The Hall–Kier alpha value is -0.200. The minimum atomic E-state index is -1.13. The summed E-state index contributed by atoms with van der Waals surface area (Å²) in [6, 6.07) is 0. The van der Waals surface area contributed by atoms with Crippen LogP contribution in [0.1, 0.15) is 6.42 Å². The molecule has 1 radical (unpaired) electrons. The molecule has 0 amide bonds. The SMILES string of the molecule is OC[C@H]1O[13C](O)C[C@@H](O)[C@@H]1O. The van der Waals surface area contributed by atoms with Gasteiger partial charge in [-0.05, 0) is 0 Å². The summed E-state index contributed by atoms with van der Waals surface area (Å²) in [6.45, 7) is -0.428. The molecule has 0 aromatic carbocycles. The van der Waals surface area contributed by atoms with Gasteiger partial charge in [-0.3, -0.25) is 0 Å². The van der Waals surface area contributed by atoms with Gasteiger partial charge in [-0.2, -0.15) is 0 Å². The second-order valence-electron chi connectivity index (χ2n) is 2.49. The summed E-state index contributed by atoms with van der Waals surface area (Å²) in [5.41, 5.74) is 0. The zero-order chi connectivity index (χ0) is 8.43. The van der Waals surface area contributed by atoms with Crippen molar-refractivity contribution in [2.45, 2.75) is 24.7 Å². The van der Waals surface area contributed by atoms with Crippen molar-refractivity contribution in [2.75, 3.05) is 6.61 Å². The number of aliphatic hydroxyl groups is 4. The molecule has 11 heavy (non-hydrogen) atoms. The van der Waals surface area contributed by atoms with Crippen LogP contribution in [0.4, 0.5) is 0 Å². The van der Waals surface area contributed by atoms with Crippen molar-refractivity contribution in [1.29, 1.82) is 0 Å². The quantitative estimate of drug-likeness (QED) is 0.349. The summed E-state index contributed by atoms with van der Waals surface area (Å²) in [6.07, 6.45) is -3.55. The molecule has 65 valence electrons. The van der Waals surface area contributed by atoms with E-state index >= 15 is 0 Å². The Balaban J connectivity index is 2.51. The summed E-state index contributed by atoms with van der Waals surface area (Å²) >= 11 is 0. The number of ether oxygens (including phenoxy) is 1. The van der Waals surface area contributed by atoms with Crippen LogP contribution in [-0.2, 0) is 4.74 Å². The highest BCUT2D eigenvalue weighted by molar-refractivity contribution is 4.87. The fraction of sp³-hybridized carbons (Fsp3) is 0.833. The van der Waals surface area contributed by atoms with E-state index in [2.05, 4.69) is 4.74 Å². The van der Waals surface area contributed by atoms with Gasteiger partial charge < -0.3 is 25.2 Å². The van der Waals surface area contributed by atoms with Crippen LogP contribution < -0.4 is 0 Å². The van der Waals surface area contributed by atoms with Crippen LogP contribution in [0.2, 0.25) is 0 Å². The fourth-order valence-electron chi connectivity index (χ4n) is 0.985. The first-order valence-corrected chi connectivity index (χ1v) is 3.33. The van der Waals surface area contributed by atoms with Gasteiger partial charge in [0.2, 0.25) is 6.29 Å². The fourth-order valence-corrected chi connectivity index (χ4v) is 0.985. The molecule has 1 rings (SSSR count). The third-order valence-electron chi connectivity index (χ3n) is 1.63. The van der Waals surface area contributed by atoms with E-state index in [0.717, 1.165) is 0 Å². The van der Waals surface area contributed by atoms with E-state index in [4.69, 9.17) is 20.4 Å². The normalized spacial score (nSPS) is 40.9. The molecule has 0 aliphatic carbocycles.